The highest BCUT2D eigenvalue weighted by atomic mass is 16.5. The molecule has 0 spiro atoms. The van der Waals surface area contributed by atoms with Gasteiger partial charge in [0.15, 0.2) is 0 Å². The Bertz CT molecular complexity index is 789. The van der Waals surface area contributed by atoms with Gasteiger partial charge in [-0.05, 0) is 64.1 Å². The maximum absolute atomic E-state index is 9.98. The van der Waals surface area contributed by atoms with Crippen molar-refractivity contribution in [3.05, 3.63) is 54.6 Å². The summed E-state index contributed by atoms with van der Waals surface area (Å²) in [5, 5.41) is 29.5. The summed E-state index contributed by atoms with van der Waals surface area (Å²) in [6, 6.07) is 18.3. The molecule has 3 N–H and O–H groups in total. The van der Waals surface area contributed by atoms with Gasteiger partial charge in [0.25, 0.3) is 0 Å². The molecule has 0 saturated carbocycles. The molecule has 190 valence electrons. The molecule has 0 amide bonds. The molecule has 0 aromatic heterocycles. The summed E-state index contributed by atoms with van der Waals surface area (Å²) in [7, 11) is 2.04. The lowest BCUT2D eigenvalue weighted by Crippen LogP contribution is -2.45. The Morgan fingerprint density at radius 2 is 1.09 bits per heavy atom. The largest absolute Gasteiger partial charge is 0.489 e. The number of para-hydroxylation sites is 1. The molecule has 0 aliphatic heterocycles. The first-order valence-corrected chi connectivity index (χ1v) is 12.2. The Morgan fingerprint density at radius 3 is 1.56 bits per heavy atom. The summed E-state index contributed by atoms with van der Waals surface area (Å²) in [6.45, 7) is 10.9. The van der Waals surface area contributed by atoms with Gasteiger partial charge in [-0.1, -0.05) is 18.2 Å². The average molecular weight is 474 g/mol. The molecule has 4 atom stereocenters. The van der Waals surface area contributed by atoms with Gasteiger partial charge in [-0.2, -0.15) is 0 Å². The summed E-state index contributed by atoms with van der Waals surface area (Å²) in [6.07, 6.45) is -1.45. The molecule has 34 heavy (non-hydrogen) atoms. The van der Waals surface area contributed by atoms with Crippen LogP contribution in [0.4, 0.5) is 11.4 Å². The second kappa shape index (κ2) is 14.3. The Balaban J connectivity index is 1.93. The number of hydrogen-bond donors (Lipinski definition) is 3. The number of anilines is 2. The summed E-state index contributed by atoms with van der Waals surface area (Å²) < 4.78 is 6.17. The Kier molecular flexibility index (Phi) is 11.8. The smallest absolute Gasteiger partial charge is 0.119 e. The average Bonchev–Trinajstić information content (AvgIpc) is 2.76. The van der Waals surface area contributed by atoms with Crippen LogP contribution < -0.4 is 9.64 Å². The van der Waals surface area contributed by atoms with E-state index in [0.29, 0.717) is 39.3 Å². The van der Waals surface area contributed by atoms with Gasteiger partial charge in [0, 0.05) is 57.7 Å². The van der Waals surface area contributed by atoms with Gasteiger partial charge in [0.2, 0.25) is 0 Å². The van der Waals surface area contributed by atoms with Gasteiger partial charge >= 0.3 is 0 Å². The monoisotopic (exact) mass is 473 g/mol. The predicted molar refractivity (Wildman–Crippen MR) is 139 cm³/mol. The van der Waals surface area contributed by atoms with Crippen molar-refractivity contribution in [2.75, 3.05) is 51.2 Å². The van der Waals surface area contributed by atoms with Crippen LogP contribution in [0.3, 0.4) is 0 Å². The molecular formula is C27H43N3O4. The first-order valence-electron chi connectivity index (χ1n) is 12.2. The second-order valence-electron chi connectivity index (χ2n) is 9.38. The van der Waals surface area contributed by atoms with E-state index in [1.807, 2.05) is 56.4 Å². The Morgan fingerprint density at radius 1 is 0.647 bits per heavy atom. The van der Waals surface area contributed by atoms with Crippen molar-refractivity contribution in [2.24, 2.45) is 0 Å². The molecule has 2 rings (SSSR count). The predicted octanol–water partition coefficient (Wildman–Crippen LogP) is 2.97. The van der Waals surface area contributed by atoms with Crippen LogP contribution in [0.5, 0.6) is 5.75 Å². The quantitative estimate of drug-likeness (QED) is 0.367. The van der Waals surface area contributed by atoms with Crippen molar-refractivity contribution in [2.45, 2.75) is 52.1 Å². The van der Waals surface area contributed by atoms with Crippen molar-refractivity contribution < 1.29 is 20.1 Å². The minimum atomic E-state index is -0.463. The highest BCUT2D eigenvalue weighted by molar-refractivity contribution is 5.62. The fourth-order valence-corrected chi connectivity index (χ4v) is 4.10. The van der Waals surface area contributed by atoms with Crippen molar-refractivity contribution >= 4 is 11.4 Å². The van der Waals surface area contributed by atoms with E-state index in [1.165, 1.54) is 0 Å². The van der Waals surface area contributed by atoms with Crippen LogP contribution in [0.25, 0.3) is 0 Å². The lowest BCUT2D eigenvalue weighted by Gasteiger charge is -2.31. The van der Waals surface area contributed by atoms with Crippen molar-refractivity contribution in [3.8, 4) is 5.75 Å². The first-order chi connectivity index (χ1) is 16.1. The number of hydrogen-bond acceptors (Lipinski definition) is 7. The maximum Gasteiger partial charge on any atom is 0.119 e. The minimum absolute atomic E-state index is 0.0709. The van der Waals surface area contributed by atoms with Crippen LogP contribution in [0.2, 0.25) is 0 Å². The number of benzene rings is 2. The van der Waals surface area contributed by atoms with Crippen LogP contribution >= 0.6 is 0 Å². The normalized spacial score (nSPS) is 15.2. The fraction of sp³-hybridized carbons (Fsp3) is 0.556. The topological polar surface area (TPSA) is 79.6 Å². The SMILES string of the molecule is CC(O)CN(CCN(CC(C)O)CC(C)Oc1ccc(N(C)c2ccccc2)cc1)CC(C)O. The number of ether oxygens (including phenoxy) is 1. The molecule has 7 nitrogen and oxygen atoms in total. The van der Waals surface area contributed by atoms with Gasteiger partial charge in [0.1, 0.15) is 11.9 Å². The number of aliphatic hydroxyl groups is 3. The van der Waals surface area contributed by atoms with E-state index < -0.39 is 18.3 Å². The van der Waals surface area contributed by atoms with E-state index in [-0.39, 0.29) is 6.10 Å². The molecule has 0 saturated heterocycles. The third kappa shape index (κ3) is 10.4. The standard InChI is InChI=1S/C27H43N3O4/c1-21(31)17-29(18-22(2)32)15-16-30(19-23(3)33)20-24(4)34-27-13-11-26(12-14-27)28(5)25-9-7-6-8-10-25/h6-14,21-24,31-33H,15-20H2,1-5H3. The van der Waals surface area contributed by atoms with Gasteiger partial charge in [-0.15, -0.1) is 0 Å². The molecule has 0 aliphatic carbocycles. The molecule has 2 aromatic carbocycles. The molecule has 0 radical (unpaired) electrons. The number of aliphatic hydroxyl groups excluding tert-OH is 3. The summed E-state index contributed by atoms with van der Waals surface area (Å²) in [5.74, 6) is 0.805. The molecule has 0 bridgehead atoms. The zero-order chi connectivity index (χ0) is 25.1. The third-order valence-electron chi connectivity index (χ3n) is 5.52. The molecule has 7 heteroatoms. The lowest BCUT2D eigenvalue weighted by molar-refractivity contribution is 0.0579. The van der Waals surface area contributed by atoms with Crippen LogP contribution in [0, 0.1) is 0 Å². The van der Waals surface area contributed by atoms with Crippen LogP contribution in [0.15, 0.2) is 54.6 Å². The van der Waals surface area contributed by atoms with Gasteiger partial charge in [-0.25, -0.2) is 0 Å². The minimum Gasteiger partial charge on any atom is -0.489 e. The van der Waals surface area contributed by atoms with E-state index in [1.54, 1.807) is 20.8 Å². The van der Waals surface area contributed by atoms with E-state index in [4.69, 9.17) is 4.74 Å². The number of nitrogens with zero attached hydrogens (tertiary/aromatic N) is 3. The molecule has 0 fully saturated rings. The van der Waals surface area contributed by atoms with E-state index >= 15 is 0 Å². The highest BCUT2D eigenvalue weighted by Gasteiger charge is 2.17. The van der Waals surface area contributed by atoms with Gasteiger partial charge < -0.3 is 25.0 Å². The van der Waals surface area contributed by atoms with Crippen molar-refractivity contribution in [3.63, 3.8) is 0 Å². The van der Waals surface area contributed by atoms with Gasteiger partial charge in [-0.3, -0.25) is 9.80 Å². The summed E-state index contributed by atoms with van der Waals surface area (Å²) in [4.78, 5) is 6.35. The zero-order valence-electron chi connectivity index (χ0n) is 21.3. The molecule has 4 unspecified atom stereocenters. The molecule has 0 aliphatic rings. The number of rotatable bonds is 15. The van der Waals surface area contributed by atoms with Crippen LogP contribution in [0.1, 0.15) is 27.7 Å². The van der Waals surface area contributed by atoms with E-state index in [2.05, 4.69) is 26.8 Å². The molecule has 2 aromatic rings. The fourth-order valence-electron chi connectivity index (χ4n) is 4.10. The second-order valence-corrected chi connectivity index (χ2v) is 9.38. The Hall–Kier alpha value is -2.16. The van der Waals surface area contributed by atoms with Crippen molar-refractivity contribution in [1.29, 1.82) is 0 Å². The third-order valence-corrected chi connectivity index (χ3v) is 5.52. The highest BCUT2D eigenvalue weighted by Crippen LogP contribution is 2.25. The van der Waals surface area contributed by atoms with Crippen LogP contribution in [-0.4, -0.2) is 95.9 Å². The first kappa shape index (κ1) is 28.1. The van der Waals surface area contributed by atoms with E-state index in [0.717, 1.165) is 17.1 Å². The summed E-state index contributed by atoms with van der Waals surface area (Å²) >= 11 is 0. The molecular weight excluding hydrogens is 430 g/mol. The lowest BCUT2D eigenvalue weighted by atomic mass is 10.2. The van der Waals surface area contributed by atoms with Crippen LogP contribution in [-0.2, 0) is 0 Å². The van der Waals surface area contributed by atoms with E-state index in [9.17, 15) is 15.3 Å². The van der Waals surface area contributed by atoms with Gasteiger partial charge in [0.05, 0.1) is 18.3 Å². The Labute approximate surface area is 205 Å². The zero-order valence-corrected chi connectivity index (χ0v) is 21.3. The summed E-state index contributed by atoms with van der Waals surface area (Å²) in [5.41, 5.74) is 2.21. The van der Waals surface area contributed by atoms with Crippen molar-refractivity contribution in [1.82, 2.24) is 9.80 Å². The molecule has 0 heterocycles. The maximum atomic E-state index is 9.98.